The first-order valence-corrected chi connectivity index (χ1v) is 3.51. The summed E-state index contributed by atoms with van der Waals surface area (Å²) in [5.41, 5.74) is 0. The van der Waals surface area contributed by atoms with Gasteiger partial charge in [-0.1, -0.05) is 0 Å². The van der Waals surface area contributed by atoms with Gasteiger partial charge in [0, 0.05) is 0 Å². The zero-order valence-electron chi connectivity index (χ0n) is 6.13. The third-order valence-corrected chi connectivity index (χ3v) is 1.35. The number of ketones is 1. The van der Waals surface area contributed by atoms with E-state index in [-0.39, 0.29) is 12.1 Å². The molecule has 1 fully saturated rings. The Morgan fingerprint density at radius 1 is 1.50 bits per heavy atom. The van der Waals surface area contributed by atoms with E-state index >= 15 is 0 Å². The maximum Gasteiger partial charge on any atom is 0.164 e. The van der Waals surface area contributed by atoms with Gasteiger partial charge in [0.25, 0.3) is 0 Å². The zero-order chi connectivity index (χ0) is 7.40. The van der Waals surface area contributed by atoms with Gasteiger partial charge in [-0.15, -0.1) is 0 Å². The van der Waals surface area contributed by atoms with Gasteiger partial charge in [-0.3, -0.25) is 4.79 Å². The summed E-state index contributed by atoms with van der Waals surface area (Å²) in [6.07, 6.45) is 1.06. The molecule has 1 rings (SSSR count). The first kappa shape index (κ1) is 7.69. The van der Waals surface area contributed by atoms with E-state index in [4.69, 9.17) is 9.47 Å². The van der Waals surface area contributed by atoms with E-state index in [0.29, 0.717) is 6.42 Å². The molecule has 10 heavy (non-hydrogen) atoms. The summed E-state index contributed by atoms with van der Waals surface area (Å²) in [6, 6.07) is 0. The first-order chi connectivity index (χ1) is 4.79. The van der Waals surface area contributed by atoms with E-state index in [2.05, 4.69) is 0 Å². The van der Waals surface area contributed by atoms with Crippen LogP contribution in [-0.4, -0.2) is 25.3 Å². The second kappa shape index (κ2) is 3.68. The van der Waals surface area contributed by atoms with Crippen LogP contribution in [0.15, 0.2) is 0 Å². The third-order valence-electron chi connectivity index (χ3n) is 1.35. The van der Waals surface area contributed by atoms with Gasteiger partial charge in [0.15, 0.2) is 6.29 Å². The summed E-state index contributed by atoms with van der Waals surface area (Å²) in [4.78, 5) is 10.6. The van der Waals surface area contributed by atoms with Crippen molar-refractivity contribution in [3.05, 3.63) is 0 Å². The summed E-state index contributed by atoms with van der Waals surface area (Å²) in [5, 5.41) is 0. The van der Waals surface area contributed by atoms with Crippen LogP contribution in [0.1, 0.15) is 19.8 Å². The lowest BCUT2D eigenvalue weighted by molar-refractivity contribution is -0.182. The Balaban J connectivity index is 2.19. The number of hydrogen-bond acceptors (Lipinski definition) is 3. The highest BCUT2D eigenvalue weighted by Crippen LogP contribution is 2.07. The summed E-state index contributed by atoms with van der Waals surface area (Å²) in [5.74, 6) is 0.118. The molecule has 3 heteroatoms. The molecule has 0 unspecified atom stereocenters. The van der Waals surface area contributed by atoms with Crippen molar-refractivity contribution < 1.29 is 14.3 Å². The number of hydrogen-bond donors (Lipinski definition) is 0. The van der Waals surface area contributed by atoms with Gasteiger partial charge >= 0.3 is 0 Å². The van der Waals surface area contributed by atoms with E-state index in [1.807, 2.05) is 0 Å². The Hall–Kier alpha value is -0.410. The molecule has 1 aliphatic heterocycles. The van der Waals surface area contributed by atoms with Crippen molar-refractivity contribution in [2.45, 2.75) is 26.1 Å². The van der Waals surface area contributed by atoms with Crippen molar-refractivity contribution in [1.82, 2.24) is 0 Å². The largest absolute Gasteiger partial charge is 0.352 e. The van der Waals surface area contributed by atoms with E-state index in [1.165, 1.54) is 0 Å². The standard InChI is InChI=1S/C7H12O3/c1-6(8)5-7-9-3-2-4-10-7/h7H,2-5H2,1H3. The number of carbonyl (C=O) groups is 1. The van der Waals surface area contributed by atoms with Crippen molar-refractivity contribution in [3.8, 4) is 0 Å². The summed E-state index contributed by atoms with van der Waals surface area (Å²) in [7, 11) is 0. The maximum absolute atomic E-state index is 10.6. The van der Waals surface area contributed by atoms with E-state index in [0.717, 1.165) is 19.6 Å². The molecular weight excluding hydrogens is 132 g/mol. The molecule has 58 valence electrons. The molecule has 1 saturated heterocycles. The minimum absolute atomic E-state index is 0.118. The first-order valence-electron chi connectivity index (χ1n) is 3.51. The van der Waals surface area contributed by atoms with Crippen LogP contribution < -0.4 is 0 Å². The van der Waals surface area contributed by atoms with Crippen LogP contribution in [0.2, 0.25) is 0 Å². The topological polar surface area (TPSA) is 35.5 Å². The molecule has 0 aromatic heterocycles. The fourth-order valence-electron chi connectivity index (χ4n) is 0.889. The summed E-state index contributed by atoms with van der Waals surface area (Å²) in [6.45, 7) is 2.98. The maximum atomic E-state index is 10.6. The van der Waals surface area contributed by atoms with Crippen LogP contribution in [0.4, 0.5) is 0 Å². The van der Waals surface area contributed by atoms with E-state index in [9.17, 15) is 4.79 Å². The van der Waals surface area contributed by atoms with Crippen LogP contribution in [0.3, 0.4) is 0 Å². The fraction of sp³-hybridized carbons (Fsp3) is 0.857. The molecule has 3 nitrogen and oxygen atoms in total. The van der Waals surface area contributed by atoms with Gasteiger partial charge in [-0.2, -0.15) is 0 Å². The van der Waals surface area contributed by atoms with Crippen molar-refractivity contribution in [2.24, 2.45) is 0 Å². The smallest absolute Gasteiger partial charge is 0.164 e. The SMILES string of the molecule is CC(=O)CC1OCCCO1. The lowest BCUT2D eigenvalue weighted by Crippen LogP contribution is -2.26. The van der Waals surface area contributed by atoms with E-state index < -0.39 is 0 Å². The number of carbonyl (C=O) groups excluding carboxylic acids is 1. The lowest BCUT2D eigenvalue weighted by Gasteiger charge is -2.21. The molecule has 0 saturated carbocycles. The highest BCUT2D eigenvalue weighted by atomic mass is 16.7. The van der Waals surface area contributed by atoms with Gasteiger partial charge < -0.3 is 9.47 Å². The molecule has 0 N–H and O–H groups in total. The second-order valence-corrected chi connectivity index (χ2v) is 2.43. The number of rotatable bonds is 2. The minimum atomic E-state index is -0.272. The van der Waals surface area contributed by atoms with Crippen molar-refractivity contribution >= 4 is 5.78 Å². The van der Waals surface area contributed by atoms with Crippen LogP contribution in [-0.2, 0) is 14.3 Å². The van der Waals surface area contributed by atoms with Gasteiger partial charge in [-0.05, 0) is 13.3 Å². The summed E-state index contributed by atoms with van der Waals surface area (Å²) >= 11 is 0. The predicted octanol–water partition coefficient (Wildman–Crippen LogP) is 0.728. The van der Waals surface area contributed by atoms with Crippen LogP contribution >= 0.6 is 0 Å². The second-order valence-electron chi connectivity index (χ2n) is 2.43. The average Bonchev–Trinajstić information content (AvgIpc) is 1.88. The Kier molecular flexibility index (Phi) is 2.83. The van der Waals surface area contributed by atoms with Gasteiger partial charge in [0.2, 0.25) is 0 Å². The molecule has 1 aliphatic rings. The van der Waals surface area contributed by atoms with Crippen molar-refractivity contribution in [3.63, 3.8) is 0 Å². The molecule has 1 heterocycles. The molecule has 0 aliphatic carbocycles. The average molecular weight is 144 g/mol. The van der Waals surface area contributed by atoms with Gasteiger partial charge in [-0.25, -0.2) is 0 Å². The molecule has 0 spiro atoms. The van der Waals surface area contributed by atoms with Crippen LogP contribution in [0.5, 0.6) is 0 Å². The minimum Gasteiger partial charge on any atom is -0.352 e. The molecule has 0 amide bonds. The highest BCUT2D eigenvalue weighted by molar-refractivity contribution is 5.75. The van der Waals surface area contributed by atoms with E-state index in [1.54, 1.807) is 6.92 Å². The van der Waals surface area contributed by atoms with Crippen LogP contribution in [0, 0.1) is 0 Å². The van der Waals surface area contributed by atoms with Gasteiger partial charge in [0.05, 0.1) is 19.6 Å². The molecule has 0 aromatic rings. The molecule has 0 radical (unpaired) electrons. The Morgan fingerprint density at radius 3 is 2.60 bits per heavy atom. The molecule has 0 atom stereocenters. The lowest BCUT2D eigenvalue weighted by atomic mass is 10.3. The highest BCUT2D eigenvalue weighted by Gasteiger charge is 2.15. The zero-order valence-corrected chi connectivity index (χ0v) is 6.13. The van der Waals surface area contributed by atoms with Crippen molar-refractivity contribution in [2.75, 3.05) is 13.2 Å². The fourth-order valence-corrected chi connectivity index (χ4v) is 0.889. The normalized spacial score (nSPS) is 20.9. The number of Topliss-reactive ketones (excluding diaryl/α,β-unsaturated/α-hetero) is 1. The number of ether oxygens (including phenoxy) is 2. The molecular formula is C7H12O3. The summed E-state index contributed by atoms with van der Waals surface area (Å²) < 4.78 is 10.3. The third kappa shape index (κ3) is 2.45. The molecule has 0 aromatic carbocycles. The quantitative estimate of drug-likeness (QED) is 0.573. The van der Waals surface area contributed by atoms with Gasteiger partial charge in [0.1, 0.15) is 5.78 Å². The Bertz CT molecular complexity index is 116. The van der Waals surface area contributed by atoms with Crippen molar-refractivity contribution in [1.29, 1.82) is 0 Å². The molecule has 0 bridgehead atoms. The Morgan fingerprint density at radius 2 is 2.10 bits per heavy atom. The van der Waals surface area contributed by atoms with Crippen LogP contribution in [0.25, 0.3) is 0 Å². The predicted molar refractivity (Wildman–Crippen MR) is 35.6 cm³/mol. The monoisotopic (exact) mass is 144 g/mol. The Labute approximate surface area is 60.3 Å².